The number of thioether (sulfide) groups is 1. The van der Waals surface area contributed by atoms with Gasteiger partial charge in [-0.05, 0) is 25.5 Å². The van der Waals surface area contributed by atoms with Gasteiger partial charge >= 0.3 is 5.97 Å². The zero-order valence-corrected chi connectivity index (χ0v) is 14.7. The average molecular weight is 359 g/mol. The number of carbonyl (C=O) groups excluding carboxylic acids is 2. The highest BCUT2D eigenvalue weighted by molar-refractivity contribution is 7.99. The first kappa shape index (κ1) is 18.5. The Bertz CT molecular complexity index is 810. The number of para-hydroxylation sites is 1. The van der Waals surface area contributed by atoms with Crippen LogP contribution in [0.5, 0.6) is 0 Å². The number of ether oxygens (including phenoxy) is 1. The minimum Gasteiger partial charge on any atom is -0.452 e. The molecular formula is C17H17N3O4S. The molecule has 0 saturated heterocycles. The molecule has 2 rings (SSSR count). The molecule has 1 heterocycles. The lowest BCUT2D eigenvalue weighted by Gasteiger charge is -2.10. The lowest BCUT2D eigenvalue weighted by Crippen LogP contribution is -2.21. The van der Waals surface area contributed by atoms with Crippen molar-refractivity contribution in [3.05, 3.63) is 41.3 Å². The predicted octanol–water partition coefficient (Wildman–Crippen LogP) is 2.96. The number of aryl methyl sites for hydroxylation is 2. The predicted molar refractivity (Wildman–Crippen MR) is 92.3 cm³/mol. The van der Waals surface area contributed by atoms with Crippen molar-refractivity contribution in [3.8, 4) is 6.07 Å². The standard InChI is InChI=1S/C17H17N3O4S/c1-3-12-16(11(2)24-20-12)17(22)23-10-15(21)19-13-6-4-5-7-14(13)25-9-8-18/h4-7H,3,9-10H2,1-2H3,(H,19,21). The number of benzene rings is 1. The van der Waals surface area contributed by atoms with E-state index in [2.05, 4.69) is 10.5 Å². The Kier molecular flexibility index (Phi) is 6.60. The van der Waals surface area contributed by atoms with Gasteiger partial charge in [0.2, 0.25) is 0 Å². The number of hydrogen-bond acceptors (Lipinski definition) is 7. The van der Waals surface area contributed by atoms with Crippen LogP contribution in [0.4, 0.5) is 5.69 Å². The fraction of sp³-hybridized carbons (Fsp3) is 0.294. The Hall–Kier alpha value is -2.79. The monoisotopic (exact) mass is 359 g/mol. The SMILES string of the molecule is CCc1noc(C)c1C(=O)OCC(=O)Nc1ccccc1SCC#N. The molecule has 0 unspecified atom stereocenters. The summed E-state index contributed by atoms with van der Waals surface area (Å²) in [5, 5.41) is 15.1. The molecule has 0 aliphatic rings. The van der Waals surface area contributed by atoms with Crippen LogP contribution in [0.2, 0.25) is 0 Å². The lowest BCUT2D eigenvalue weighted by atomic mass is 10.1. The van der Waals surface area contributed by atoms with Crippen LogP contribution >= 0.6 is 11.8 Å². The summed E-state index contributed by atoms with van der Waals surface area (Å²) in [6.07, 6.45) is 0.525. The fourth-order valence-electron chi connectivity index (χ4n) is 2.12. The highest BCUT2D eigenvalue weighted by atomic mass is 32.2. The summed E-state index contributed by atoms with van der Waals surface area (Å²) in [5.74, 6) is -0.474. The van der Waals surface area contributed by atoms with Crippen LogP contribution in [-0.4, -0.2) is 29.4 Å². The number of nitrogens with one attached hydrogen (secondary N) is 1. The molecule has 8 heteroatoms. The van der Waals surface area contributed by atoms with E-state index in [0.29, 0.717) is 23.6 Å². The van der Waals surface area contributed by atoms with Gasteiger partial charge in [-0.2, -0.15) is 5.26 Å². The van der Waals surface area contributed by atoms with Crippen LogP contribution in [0.15, 0.2) is 33.7 Å². The first-order chi connectivity index (χ1) is 12.1. The van der Waals surface area contributed by atoms with E-state index in [4.69, 9.17) is 14.5 Å². The number of anilines is 1. The number of amides is 1. The highest BCUT2D eigenvalue weighted by Crippen LogP contribution is 2.26. The van der Waals surface area contributed by atoms with Crippen LogP contribution in [0.25, 0.3) is 0 Å². The summed E-state index contributed by atoms with van der Waals surface area (Å²) in [4.78, 5) is 24.9. The van der Waals surface area contributed by atoms with Gasteiger partial charge in [-0.3, -0.25) is 4.79 Å². The fourth-order valence-corrected chi connectivity index (χ4v) is 2.79. The average Bonchev–Trinajstić information content (AvgIpc) is 2.99. The number of rotatable bonds is 7. The third-order valence-corrected chi connectivity index (χ3v) is 4.20. The van der Waals surface area contributed by atoms with Gasteiger partial charge < -0.3 is 14.6 Å². The van der Waals surface area contributed by atoms with E-state index in [0.717, 1.165) is 4.90 Å². The molecule has 0 saturated carbocycles. The van der Waals surface area contributed by atoms with Gasteiger partial charge in [-0.15, -0.1) is 11.8 Å². The van der Waals surface area contributed by atoms with E-state index in [1.807, 2.05) is 19.1 Å². The zero-order valence-electron chi connectivity index (χ0n) is 13.9. The van der Waals surface area contributed by atoms with Gasteiger partial charge in [0, 0.05) is 4.90 Å². The molecule has 0 atom stereocenters. The van der Waals surface area contributed by atoms with Crippen molar-refractivity contribution in [2.24, 2.45) is 0 Å². The molecule has 25 heavy (non-hydrogen) atoms. The van der Waals surface area contributed by atoms with Gasteiger partial charge in [-0.1, -0.05) is 24.2 Å². The first-order valence-electron chi connectivity index (χ1n) is 7.57. The molecule has 7 nitrogen and oxygen atoms in total. The second kappa shape index (κ2) is 8.89. The Balaban J connectivity index is 1.96. The van der Waals surface area contributed by atoms with Crippen molar-refractivity contribution in [1.82, 2.24) is 5.16 Å². The van der Waals surface area contributed by atoms with Crippen LogP contribution in [-0.2, 0) is 16.0 Å². The molecule has 0 aliphatic carbocycles. The molecule has 1 aromatic carbocycles. The molecule has 0 fully saturated rings. The summed E-state index contributed by atoms with van der Waals surface area (Å²) in [7, 11) is 0. The Labute approximate surface area is 149 Å². The Morgan fingerprint density at radius 2 is 2.16 bits per heavy atom. The summed E-state index contributed by atoms with van der Waals surface area (Å²) in [6, 6.07) is 9.14. The summed E-state index contributed by atoms with van der Waals surface area (Å²) < 4.78 is 10.0. The zero-order chi connectivity index (χ0) is 18.2. The second-order valence-electron chi connectivity index (χ2n) is 4.98. The van der Waals surface area contributed by atoms with Crippen LogP contribution in [0.3, 0.4) is 0 Å². The summed E-state index contributed by atoms with van der Waals surface area (Å²) >= 11 is 1.31. The molecule has 1 N–H and O–H groups in total. The minimum absolute atomic E-state index is 0.264. The van der Waals surface area contributed by atoms with Gasteiger partial charge in [0.05, 0.1) is 23.2 Å². The quantitative estimate of drug-likeness (QED) is 0.598. The van der Waals surface area contributed by atoms with E-state index in [1.54, 1.807) is 25.1 Å². The van der Waals surface area contributed by atoms with Gasteiger partial charge in [-0.25, -0.2) is 4.79 Å². The maximum absolute atomic E-state index is 12.1. The van der Waals surface area contributed by atoms with Crippen molar-refractivity contribution >= 4 is 29.3 Å². The Morgan fingerprint density at radius 1 is 1.40 bits per heavy atom. The first-order valence-corrected chi connectivity index (χ1v) is 8.56. The van der Waals surface area contributed by atoms with E-state index < -0.39 is 18.5 Å². The summed E-state index contributed by atoms with van der Waals surface area (Å²) in [5.41, 5.74) is 1.33. The number of nitriles is 1. The number of nitrogens with zero attached hydrogens (tertiary/aromatic N) is 2. The van der Waals surface area contributed by atoms with E-state index in [-0.39, 0.29) is 11.3 Å². The molecule has 0 bridgehead atoms. The van der Waals surface area contributed by atoms with Crippen molar-refractivity contribution in [3.63, 3.8) is 0 Å². The number of carbonyl (C=O) groups is 2. The van der Waals surface area contributed by atoms with Crippen molar-refractivity contribution in [2.45, 2.75) is 25.2 Å². The number of aromatic nitrogens is 1. The minimum atomic E-state index is -0.641. The van der Waals surface area contributed by atoms with Crippen molar-refractivity contribution in [1.29, 1.82) is 5.26 Å². The summed E-state index contributed by atoms with van der Waals surface area (Å²) in [6.45, 7) is 3.03. The van der Waals surface area contributed by atoms with Crippen LogP contribution < -0.4 is 5.32 Å². The Morgan fingerprint density at radius 3 is 2.88 bits per heavy atom. The molecule has 0 spiro atoms. The van der Waals surface area contributed by atoms with Crippen LogP contribution in [0.1, 0.15) is 28.7 Å². The van der Waals surface area contributed by atoms with E-state index in [1.165, 1.54) is 11.8 Å². The largest absolute Gasteiger partial charge is 0.452 e. The van der Waals surface area contributed by atoms with Gasteiger partial charge in [0.1, 0.15) is 11.3 Å². The van der Waals surface area contributed by atoms with Crippen molar-refractivity contribution < 1.29 is 18.8 Å². The molecule has 130 valence electrons. The molecular weight excluding hydrogens is 342 g/mol. The molecule has 1 aromatic heterocycles. The number of esters is 1. The lowest BCUT2D eigenvalue weighted by molar-refractivity contribution is -0.119. The highest BCUT2D eigenvalue weighted by Gasteiger charge is 2.21. The third-order valence-electron chi connectivity index (χ3n) is 3.26. The number of hydrogen-bond donors (Lipinski definition) is 1. The normalized spacial score (nSPS) is 10.1. The van der Waals surface area contributed by atoms with Crippen LogP contribution in [0, 0.1) is 18.3 Å². The third kappa shape index (κ3) is 4.84. The molecule has 0 aliphatic heterocycles. The second-order valence-corrected chi connectivity index (χ2v) is 6.00. The molecule has 1 amide bonds. The van der Waals surface area contributed by atoms with Gasteiger partial charge in [0.25, 0.3) is 5.91 Å². The van der Waals surface area contributed by atoms with Gasteiger partial charge in [0.15, 0.2) is 6.61 Å². The maximum Gasteiger partial charge on any atom is 0.344 e. The van der Waals surface area contributed by atoms with E-state index >= 15 is 0 Å². The molecule has 0 radical (unpaired) electrons. The molecule has 2 aromatic rings. The smallest absolute Gasteiger partial charge is 0.344 e. The van der Waals surface area contributed by atoms with Crippen molar-refractivity contribution in [2.75, 3.05) is 17.7 Å². The topological polar surface area (TPSA) is 105 Å². The van der Waals surface area contributed by atoms with E-state index in [9.17, 15) is 9.59 Å². The maximum atomic E-state index is 12.1.